The second-order valence-electron chi connectivity index (χ2n) is 5.26. The first-order chi connectivity index (χ1) is 9.21. The number of hydrogen-bond acceptors (Lipinski definition) is 5. The van der Waals surface area contributed by atoms with Crippen LogP contribution in [0, 0.1) is 11.8 Å². The summed E-state index contributed by atoms with van der Waals surface area (Å²) in [6.45, 7) is 1.02. The highest BCUT2D eigenvalue weighted by Crippen LogP contribution is 2.51. The maximum Gasteiger partial charge on any atom is 0.534 e. The Morgan fingerprint density at radius 2 is 1.90 bits per heavy atom. The van der Waals surface area contributed by atoms with E-state index in [-0.39, 0.29) is 24.0 Å². The van der Waals surface area contributed by atoms with E-state index in [0.717, 1.165) is 0 Å². The predicted molar refractivity (Wildman–Crippen MR) is 59.6 cm³/mol. The molecule has 2 fully saturated rings. The molecule has 9 heteroatoms. The summed E-state index contributed by atoms with van der Waals surface area (Å²) >= 11 is 0. The van der Waals surface area contributed by atoms with Crippen molar-refractivity contribution < 1.29 is 35.2 Å². The van der Waals surface area contributed by atoms with Gasteiger partial charge >= 0.3 is 15.6 Å². The molecule has 0 aromatic carbocycles. The highest BCUT2D eigenvalue weighted by Gasteiger charge is 2.53. The summed E-state index contributed by atoms with van der Waals surface area (Å²) in [5.74, 6) is -0.830. The molecule has 0 radical (unpaired) electrons. The maximum atomic E-state index is 12.2. The van der Waals surface area contributed by atoms with E-state index < -0.39 is 21.4 Å². The molecule has 0 aromatic rings. The Morgan fingerprint density at radius 1 is 1.25 bits per heavy atom. The van der Waals surface area contributed by atoms with Gasteiger partial charge in [0.1, 0.15) is 5.76 Å². The first-order valence-electron chi connectivity index (χ1n) is 6.20. The van der Waals surface area contributed by atoms with Gasteiger partial charge in [-0.2, -0.15) is 21.6 Å². The molecule has 3 rings (SSSR count). The second-order valence-corrected chi connectivity index (χ2v) is 6.80. The number of rotatable bonds is 2. The minimum Gasteiger partial charge on any atom is -0.381 e. The Kier molecular flexibility index (Phi) is 3.07. The lowest BCUT2D eigenvalue weighted by Gasteiger charge is -2.22. The van der Waals surface area contributed by atoms with Gasteiger partial charge in [-0.25, -0.2) is 0 Å². The average molecular weight is 314 g/mol. The average Bonchev–Trinajstić information content (AvgIpc) is 2.93. The molecule has 0 amide bonds. The van der Waals surface area contributed by atoms with Gasteiger partial charge < -0.3 is 13.7 Å². The second kappa shape index (κ2) is 4.35. The molecule has 1 saturated heterocycles. The third-order valence-corrected chi connectivity index (χ3v) is 4.90. The van der Waals surface area contributed by atoms with Gasteiger partial charge in [0.15, 0.2) is 5.79 Å². The Balaban J connectivity index is 1.69. The van der Waals surface area contributed by atoms with Gasteiger partial charge in [0, 0.05) is 19.3 Å². The summed E-state index contributed by atoms with van der Waals surface area (Å²) in [4.78, 5) is 0. The molecular weight excluding hydrogens is 301 g/mol. The summed E-state index contributed by atoms with van der Waals surface area (Å²) < 4.78 is 73.8. The first-order valence-corrected chi connectivity index (χ1v) is 7.61. The highest BCUT2D eigenvalue weighted by atomic mass is 32.2. The van der Waals surface area contributed by atoms with Crippen LogP contribution in [-0.4, -0.2) is 32.9 Å². The van der Waals surface area contributed by atoms with Crippen molar-refractivity contribution in [1.82, 2.24) is 0 Å². The molecule has 3 aliphatic rings. The third-order valence-electron chi connectivity index (χ3n) is 3.90. The van der Waals surface area contributed by atoms with Gasteiger partial charge in [-0.15, -0.1) is 0 Å². The summed E-state index contributed by atoms with van der Waals surface area (Å²) in [5.41, 5.74) is -5.40. The van der Waals surface area contributed by atoms with Gasteiger partial charge in [0.2, 0.25) is 0 Å². The maximum absolute atomic E-state index is 12.2. The van der Waals surface area contributed by atoms with E-state index in [2.05, 4.69) is 4.18 Å². The Morgan fingerprint density at radius 3 is 2.45 bits per heavy atom. The number of hydrogen-bond donors (Lipinski definition) is 0. The van der Waals surface area contributed by atoms with Crippen LogP contribution in [0.2, 0.25) is 0 Å². The van der Waals surface area contributed by atoms with Crippen LogP contribution in [0.3, 0.4) is 0 Å². The minimum atomic E-state index is -5.57. The van der Waals surface area contributed by atoms with Crippen LogP contribution in [-0.2, 0) is 23.8 Å². The fourth-order valence-electron chi connectivity index (χ4n) is 3.13. The van der Waals surface area contributed by atoms with E-state index in [4.69, 9.17) is 9.47 Å². The lowest BCUT2D eigenvalue weighted by atomic mass is 10.0. The summed E-state index contributed by atoms with van der Waals surface area (Å²) in [6, 6.07) is 0. The van der Waals surface area contributed by atoms with Crippen molar-refractivity contribution in [2.75, 3.05) is 13.2 Å². The molecule has 1 aliphatic heterocycles. The van der Waals surface area contributed by atoms with Crippen molar-refractivity contribution in [2.45, 2.75) is 30.6 Å². The number of ether oxygens (including phenoxy) is 2. The minimum absolute atomic E-state index is 0.00605. The molecule has 20 heavy (non-hydrogen) atoms. The Hall–Kier alpha value is -0.800. The van der Waals surface area contributed by atoms with Crippen molar-refractivity contribution in [3.63, 3.8) is 0 Å². The number of halogens is 3. The molecule has 1 saturated carbocycles. The van der Waals surface area contributed by atoms with Crippen molar-refractivity contribution in [3.8, 4) is 0 Å². The quantitative estimate of drug-likeness (QED) is 0.575. The van der Waals surface area contributed by atoms with Gasteiger partial charge in [-0.1, -0.05) is 0 Å². The monoisotopic (exact) mass is 314 g/mol. The number of allylic oxidation sites excluding steroid dienone is 2. The van der Waals surface area contributed by atoms with E-state index in [1.54, 1.807) is 0 Å². The van der Waals surface area contributed by atoms with Gasteiger partial charge in [-0.3, -0.25) is 0 Å². The van der Waals surface area contributed by atoms with Gasteiger partial charge in [0.25, 0.3) is 0 Å². The van der Waals surface area contributed by atoms with Gasteiger partial charge in [-0.05, 0) is 17.9 Å². The van der Waals surface area contributed by atoms with E-state index in [1.807, 2.05) is 0 Å². The molecule has 0 aromatic heterocycles. The van der Waals surface area contributed by atoms with E-state index in [0.29, 0.717) is 26.1 Å². The van der Waals surface area contributed by atoms with Gasteiger partial charge in [0.05, 0.1) is 13.2 Å². The zero-order valence-corrected chi connectivity index (χ0v) is 11.2. The molecule has 0 N–H and O–H groups in total. The fourth-order valence-corrected chi connectivity index (χ4v) is 3.63. The smallest absolute Gasteiger partial charge is 0.381 e. The van der Waals surface area contributed by atoms with Crippen molar-refractivity contribution in [1.29, 1.82) is 0 Å². The fraction of sp³-hybridized carbons (Fsp3) is 0.818. The largest absolute Gasteiger partial charge is 0.534 e. The third kappa shape index (κ3) is 2.31. The van der Waals surface area contributed by atoms with E-state index in [1.165, 1.54) is 6.08 Å². The first kappa shape index (κ1) is 14.2. The zero-order valence-electron chi connectivity index (χ0n) is 10.4. The van der Waals surface area contributed by atoms with Crippen LogP contribution >= 0.6 is 0 Å². The van der Waals surface area contributed by atoms with Crippen molar-refractivity contribution in [3.05, 3.63) is 11.8 Å². The molecule has 1 spiro atoms. The summed E-state index contributed by atoms with van der Waals surface area (Å²) in [7, 11) is -5.57. The van der Waals surface area contributed by atoms with Crippen molar-refractivity contribution in [2.24, 2.45) is 11.8 Å². The molecular formula is C11H13F3O5S. The Labute approximate surface area is 113 Å². The molecule has 2 aliphatic carbocycles. The lowest BCUT2D eigenvalue weighted by molar-refractivity contribution is -0.154. The Bertz CT molecular complexity index is 533. The molecule has 5 nitrogen and oxygen atoms in total. The molecule has 2 atom stereocenters. The summed E-state index contributed by atoms with van der Waals surface area (Å²) in [5, 5.41) is 0. The summed E-state index contributed by atoms with van der Waals surface area (Å²) in [6.07, 6.45) is 2.69. The van der Waals surface area contributed by atoms with Crippen LogP contribution < -0.4 is 0 Å². The van der Waals surface area contributed by atoms with Crippen LogP contribution in [0.4, 0.5) is 13.2 Å². The van der Waals surface area contributed by atoms with Crippen LogP contribution in [0.25, 0.3) is 0 Å². The van der Waals surface area contributed by atoms with E-state index in [9.17, 15) is 21.6 Å². The number of fused-ring (bicyclic) bond motifs is 1. The topological polar surface area (TPSA) is 61.8 Å². The van der Waals surface area contributed by atoms with Crippen LogP contribution in [0.5, 0.6) is 0 Å². The molecule has 0 bridgehead atoms. The standard InChI is InChI=1S/C11H13F3O5S/c12-11(13,14)20(15,16)19-9-3-7-5-10(6-8(7)4-9)17-1-2-18-10/h3,7-8H,1-2,4-6H2/t7-,8+/m1/s1. The molecule has 114 valence electrons. The lowest BCUT2D eigenvalue weighted by Crippen LogP contribution is -2.27. The van der Waals surface area contributed by atoms with Crippen LogP contribution in [0.1, 0.15) is 19.3 Å². The predicted octanol–water partition coefficient (Wildman–Crippen LogP) is 1.91. The SMILES string of the molecule is O=S(=O)(OC1=C[C@@H]2CC3(C[C@@H]2C1)OCCO3)C(F)(F)F. The molecule has 0 unspecified atom stereocenters. The number of alkyl halides is 3. The normalized spacial score (nSPS) is 32.5. The van der Waals surface area contributed by atoms with E-state index >= 15 is 0 Å². The zero-order chi connectivity index (χ0) is 14.6. The highest BCUT2D eigenvalue weighted by molar-refractivity contribution is 7.87. The van der Waals surface area contributed by atoms with Crippen molar-refractivity contribution >= 4 is 10.1 Å². The molecule has 1 heterocycles. The van der Waals surface area contributed by atoms with Crippen LogP contribution in [0.15, 0.2) is 11.8 Å².